The molecule has 8 nitrogen and oxygen atoms in total. The molecule has 0 fully saturated rings. The number of rotatable bonds is 6. The summed E-state index contributed by atoms with van der Waals surface area (Å²) in [5.74, 6) is -1.81. The van der Waals surface area contributed by atoms with Crippen LogP contribution in [0.4, 0.5) is 16.0 Å². The van der Waals surface area contributed by atoms with Crippen molar-refractivity contribution in [1.29, 1.82) is 0 Å². The lowest BCUT2D eigenvalue weighted by atomic mass is 10.1. The second kappa shape index (κ2) is 9.72. The Balaban J connectivity index is 1.70. The number of carbonyl (C=O) groups excluding carboxylic acids is 2. The van der Waals surface area contributed by atoms with Crippen molar-refractivity contribution in [2.45, 2.75) is 6.92 Å². The fourth-order valence-electron chi connectivity index (χ4n) is 3.20. The SMILES string of the molecule is CCOC(=O)c1cc(NC(=O)c2cc(-c3ccc(F)c(N)n3)ccc2Cl)n(-c2ccccc2)n1. The average molecular weight is 480 g/mol. The van der Waals surface area contributed by atoms with Crippen molar-refractivity contribution in [1.82, 2.24) is 14.8 Å². The number of nitrogens with one attached hydrogen (secondary N) is 1. The number of hydrogen-bond donors (Lipinski definition) is 2. The molecule has 0 saturated carbocycles. The van der Waals surface area contributed by atoms with Crippen LogP contribution in [0, 0.1) is 5.82 Å². The van der Waals surface area contributed by atoms with Crippen molar-refractivity contribution in [3.63, 3.8) is 0 Å². The predicted molar refractivity (Wildman–Crippen MR) is 127 cm³/mol. The van der Waals surface area contributed by atoms with E-state index in [2.05, 4.69) is 15.4 Å². The van der Waals surface area contributed by atoms with Crippen LogP contribution in [-0.4, -0.2) is 33.2 Å². The highest BCUT2D eigenvalue weighted by atomic mass is 35.5. The van der Waals surface area contributed by atoms with Gasteiger partial charge in [0.1, 0.15) is 5.82 Å². The number of hydrogen-bond acceptors (Lipinski definition) is 6. The molecule has 4 rings (SSSR count). The number of nitrogens with zero attached hydrogens (tertiary/aromatic N) is 3. The Morgan fingerprint density at radius 1 is 1.12 bits per heavy atom. The largest absolute Gasteiger partial charge is 0.461 e. The number of aromatic nitrogens is 3. The van der Waals surface area contributed by atoms with E-state index in [1.54, 1.807) is 37.3 Å². The molecule has 3 N–H and O–H groups in total. The molecular formula is C24H19ClFN5O3. The first-order chi connectivity index (χ1) is 16.4. The molecule has 0 atom stereocenters. The average Bonchev–Trinajstić information content (AvgIpc) is 3.26. The number of nitrogen functional groups attached to an aromatic ring is 1. The fourth-order valence-corrected chi connectivity index (χ4v) is 3.41. The number of amides is 1. The number of carbonyl (C=O) groups is 2. The number of ether oxygens (including phenoxy) is 1. The summed E-state index contributed by atoms with van der Waals surface area (Å²) in [7, 11) is 0. The van der Waals surface area contributed by atoms with Crippen molar-refractivity contribution in [3.8, 4) is 16.9 Å². The minimum atomic E-state index is -0.637. The number of halogens is 2. The molecule has 0 radical (unpaired) electrons. The third kappa shape index (κ3) is 4.74. The minimum Gasteiger partial charge on any atom is -0.461 e. The smallest absolute Gasteiger partial charge is 0.358 e. The molecule has 10 heteroatoms. The molecular weight excluding hydrogens is 461 g/mol. The molecule has 1 amide bonds. The van der Waals surface area contributed by atoms with E-state index in [9.17, 15) is 14.0 Å². The Morgan fingerprint density at radius 3 is 2.59 bits per heavy atom. The number of esters is 1. The summed E-state index contributed by atoms with van der Waals surface area (Å²) in [5.41, 5.74) is 7.27. The topological polar surface area (TPSA) is 112 Å². The van der Waals surface area contributed by atoms with Gasteiger partial charge in [-0.2, -0.15) is 5.10 Å². The van der Waals surface area contributed by atoms with Crippen molar-refractivity contribution in [3.05, 3.63) is 88.8 Å². The summed E-state index contributed by atoms with van der Waals surface area (Å²) in [6.45, 7) is 1.87. The molecule has 34 heavy (non-hydrogen) atoms. The third-order valence-electron chi connectivity index (χ3n) is 4.82. The van der Waals surface area contributed by atoms with Gasteiger partial charge in [-0.3, -0.25) is 4.79 Å². The first kappa shape index (κ1) is 22.9. The lowest BCUT2D eigenvalue weighted by molar-refractivity contribution is 0.0518. The minimum absolute atomic E-state index is 0.0341. The Hall–Kier alpha value is -4.24. The van der Waals surface area contributed by atoms with E-state index in [0.717, 1.165) is 0 Å². The van der Waals surface area contributed by atoms with Crippen LogP contribution < -0.4 is 11.1 Å². The van der Waals surface area contributed by atoms with E-state index >= 15 is 0 Å². The second-order valence-electron chi connectivity index (χ2n) is 7.09. The predicted octanol–water partition coefficient (Wildman–Crippen LogP) is 4.74. The maximum atomic E-state index is 13.5. The first-order valence-electron chi connectivity index (χ1n) is 10.2. The van der Waals surface area contributed by atoms with Gasteiger partial charge in [-0.1, -0.05) is 35.9 Å². The summed E-state index contributed by atoms with van der Waals surface area (Å²) < 4.78 is 20.0. The molecule has 0 spiro atoms. The van der Waals surface area contributed by atoms with Crippen molar-refractivity contribution < 1.29 is 18.7 Å². The molecule has 0 bridgehead atoms. The van der Waals surface area contributed by atoms with Gasteiger partial charge in [-0.05, 0) is 43.3 Å². The maximum absolute atomic E-state index is 13.5. The molecule has 0 aliphatic rings. The Kier molecular flexibility index (Phi) is 6.55. The van der Waals surface area contributed by atoms with E-state index in [1.807, 2.05) is 6.07 Å². The zero-order chi connectivity index (χ0) is 24.2. The van der Waals surface area contributed by atoms with Crippen molar-refractivity contribution in [2.24, 2.45) is 0 Å². The van der Waals surface area contributed by atoms with Crippen molar-refractivity contribution >= 4 is 35.1 Å². The standard InChI is InChI=1S/C24H19ClFN5O3/c1-2-34-24(33)20-13-21(31(30-20)15-6-4-3-5-7-15)29-23(32)16-12-14(8-9-17(16)25)19-11-10-18(26)22(27)28-19/h3-13H,2H2,1H3,(H2,27,28)(H,29,32). The molecule has 4 aromatic rings. The Labute approximate surface area is 199 Å². The van der Waals surface area contributed by atoms with Crippen LogP contribution in [0.5, 0.6) is 0 Å². The molecule has 0 aliphatic heterocycles. The van der Waals surface area contributed by atoms with E-state index in [1.165, 1.54) is 35.0 Å². The number of benzene rings is 2. The van der Waals surface area contributed by atoms with Gasteiger partial charge in [0.25, 0.3) is 5.91 Å². The van der Waals surface area contributed by atoms with E-state index in [4.69, 9.17) is 22.1 Å². The molecule has 0 aliphatic carbocycles. The van der Waals surface area contributed by atoms with Gasteiger partial charge in [0.05, 0.1) is 28.6 Å². The lowest BCUT2D eigenvalue weighted by Gasteiger charge is -2.11. The van der Waals surface area contributed by atoms with Crippen LogP contribution in [0.2, 0.25) is 5.02 Å². The van der Waals surface area contributed by atoms with Crippen LogP contribution in [0.3, 0.4) is 0 Å². The highest BCUT2D eigenvalue weighted by molar-refractivity contribution is 6.34. The molecule has 0 unspecified atom stereocenters. The van der Waals surface area contributed by atoms with Gasteiger partial charge < -0.3 is 15.8 Å². The van der Waals surface area contributed by atoms with Crippen LogP contribution in [-0.2, 0) is 4.74 Å². The lowest BCUT2D eigenvalue weighted by Crippen LogP contribution is -2.15. The quantitative estimate of drug-likeness (QED) is 0.386. The molecule has 2 aromatic carbocycles. The summed E-state index contributed by atoms with van der Waals surface area (Å²) >= 11 is 6.29. The monoisotopic (exact) mass is 479 g/mol. The highest BCUT2D eigenvalue weighted by Gasteiger charge is 2.20. The van der Waals surface area contributed by atoms with Gasteiger partial charge in [0.15, 0.2) is 17.3 Å². The van der Waals surface area contributed by atoms with Gasteiger partial charge in [0.2, 0.25) is 0 Å². The van der Waals surface area contributed by atoms with Crippen LogP contribution in [0.1, 0.15) is 27.8 Å². The van der Waals surface area contributed by atoms with E-state index in [-0.39, 0.29) is 34.5 Å². The third-order valence-corrected chi connectivity index (χ3v) is 5.15. The number of pyridine rings is 1. The number of anilines is 2. The fraction of sp³-hybridized carbons (Fsp3) is 0.0833. The zero-order valence-corrected chi connectivity index (χ0v) is 18.7. The Morgan fingerprint density at radius 2 is 1.88 bits per heavy atom. The first-order valence-corrected chi connectivity index (χ1v) is 10.6. The summed E-state index contributed by atoms with van der Waals surface area (Å²) in [6.07, 6.45) is 0. The van der Waals surface area contributed by atoms with Gasteiger partial charge in [0, 0.05) is 11.6 Å². The summed E-state index contributed by atoms with van der Waals surface area (Å²) in [4.78, 5) is 29.4. The van der Waals surface area contributed by atoms with Gasteiger partial charge in [-0.15, -0.1) is 0 Å². The molecule has 172 valence electrons. The Bertz CT molecular complexity index is 1370. The van der Waals surface area contributed by atoms with Crippen LogP contribution in [0.15, 0.2) is 66.7 Å². The van der Waals surface area contributed by atoms with Gasteiger partial charge >= 0.3 is 5.97 Å². The maximum Gasteiger partial charge on any atom is 0.358 e. The summed E-state index contributed by atoms with van der Waals surface area (Å²) in [5, 5.41) is 7.22. The van der Waals surface area contributed by atoms with Gasteiger partial charge in [-0.25, -0.2) is 18.9 Å². The zero-order valence-electron chi connectivity index (χ0n) is 18.0. The molecule has 2 heterocycles. The van der Waals surface area contributed by atoms with E-state index in [0.29, 0.717) is 16.9 Å². The van der Waals surface area contributed by atoms with E-state index < -0.39 is 17.7 Å². The summed E-state index contributed by atoms with van der Waals surface area (Å²) in [6, 6.07) is 17.7. The van der Waals surface area contributed by atoms with Crippen LogP contribution in [0.25, 0.3) is 16.9 Å². The number of nitrogens with two attached hydrogens (primary N) is 1. The molecule has 0 saturated heterocycles. The van der Waals surface area contributed by atoms with Crippen LogP contribution >= 0.6 is 11.6 Å². The second-order valence-corrected chi connectivity index (χ2v) is 7.50. The normalized spacial score (nSPS) is 10.7. The number of para-hydroxylation sites is 1. The van der Waals surface area contributed by atoms with Crippen molar-refractivity contribution in [2.75, 3.05) is 17.7 Å². The molecule has 2 aromatic heterocycles. The highest BCUT2D eigenvalue weighted by Crippen LogP contribution is 2.27.